The van der Waals surface area contributed by atoms with Crippen molar-refractivity contribution in [3.05, 3.63) is 11.1 Å². The summed E-state index contributed by atoms with van der Waals surface area (Å²) in [5.41, 5.74) is 0.924. The number of rotatable bonds is 5. The molecular weight excluding hydrogens is 364 g/mol. The zero-order valence-corrected chi connectivity index (χ0v) is 16.7. The quantitative estimate of drug-likeness (QED) is 0.777. The Morgan fingerprint density at radius 1 is 1.33 bits per heavy atom. The summed E-state index contributed by atoms with van der Waals surface area (Å²) in [4.78, 5) is 31.7. The Kier molecular flexibility index (Phi) is 5.70. The van der Waals surface area contributed by atoms with Crippen molar-refractivity contribution >= 4 is 23.3 Å². The molecule has 3 saturated heterocycles. The standard InChI is InChI=1S/C18H28N6O2S/c1-22-14(4-5-16(25)23-7-2-3-8-23)10-19-18(26)17-15(22)6-9-24(17)11-13-12-27-21-20-13/h12,14-15,17H,2-11H2,1H3,(H,19,26)/t14-,15+,17-/m0/s1. The largest absolute Gasteiger partial charge is 0.353 e. The average molecular weight is 393 g/mol. The van der Waals surface area contributed by atoms with Gasteiger partial charge in [0, 0.05) is 56.6 Å². The predicted octanol–water partition coefficient (Wildman–Crippen LogP) is 0.314. The lowest BCUT2D eigenvalue weighted by molar-refractivity contribution is -0.130. The molecule has 0 spiro atoms. The van der Waals surface area contributed by atoms with Crippen LogP contribution in [-0.4, -0.2) is 87.5 Å². The molecule has 3 fully saturated rings. The van der Waals surface area contributed by atoms with Crippen LogP contribution in [0.3, 0.4) is 0 Å². The SMILES string of the molecule is CN1[C@@H](CCC(=O)N2CCCC2)CNC(=O)[C@@H]2[C@H]1CCN2Cc1csnn1. The maximum Gasteiger partial charge on any atom is 0.239 e. The number of amides is 2. The van der Waals surface area contributed by atoms with E-state index in [2.05, 4.69) is 31.8 Å². The second kappa shape index (κ2) is 8.20. The molecular formula is C18H28N6O2S. The van der Waals surface area contributed by atoms with Gasteiger partial charge in [-0.2, -0.15) is 0 Å². The van der Waals surface area contributed by atoms with Crippen molar-refractivity contribution < 1.29 is 9.59 Å². The van der Waals surface area contributed by atoms with E-state index in [-0.39, 0.29) is 29.9 Å². The summed E-state index contributed by atoms with van der Waals surface area (Å²) in [6.07, 6.45) is 4.57. The zero-order valence-electron chi connectivity index (χ0n) is 15.8. The molecule has 1 aromatic heterocycles. The van der Waals surface area contributed by atoms with Crippen LogP contribution in [0.4, 0.5) is 0 Å². The van der Waals surface area contributed by atoms with E-state index in [0.717, 1.165) is 51.0 Å². The first-order chi connectivity index (χ1) is 13.1. The first kappa shape index (κ1) is 18.8. The number of nitrogens with zero attached hydrogens (tertiary/aromatic N) is 5. The summed E-state index contributed by atoms with van der Waals surface area (Å²) in [6, 6.07) is 0.235. The highest BCUT2D eigenvalue weighted by Crippen LogP contribution is 2.28. The maximum atomic E-state index is 12.8. The maximum absolute atomic E-state index is 12.8. The first-order valence-corrected chi connectivity index (χ1v) is 10.7. The molecule has 0 aliphatic carbocycles. The van der Waals surface area contributed by atoms with Crippen LogP contribution in [-0.2, 0) is 16.1 Å². The smallest absolute Gasteiger partial charge is 0.239 e. The van der Waals surface area contributed by atoms with Crippen molar-refractivity contribution in [3.63, 3.8) is 0 Å². The molecule has 0 bridgehead atoms. The van der Waals surface area contributed by atoms with Crippen LogP contribution in [0.2, 0.25) is 0 Å². The molecule has 1 aromatic rings. The number of likely N-dealkylation sites (tertiary alicyclic amines) is 2. The van der Waals surface area contributed by atoms with Crippen LogP contribution >= 0.6 is 11.5 Å². The van der Waals surface area contributed by atoms with Crippen LogP contribution < -0.4 is 5.32 Å². The molecule has 4 heterocycles. The van der Waals surface area contributed by atoms with E-state index in [1.54, 1.807) is 0 Å². The summed E-state index contributed by atoms with van der Waals surface area (Å²) in [5.74, 6) is 0.359. The number of hydrogen-bond acceptors (Lipinski definition) is 7. The molecule has 0 radical (unpaired) electrons. The van der Waals surface area contributed by atoms with Crippen LogP contribution in [0, 0.1) is 0 Å². The molecule has 0 saturated carbocycles. The van der Waals surface area contributed by atoms with Gasteiger partial charge in [-0.1, -0.05) is 4.49 Å². The Labute approximate surface area is 164 Å². The van der Waals surface area contributed by atoms with Crippen molar-refractivity contribution in [2.45, 2.75) is 56.8 Å². The third kappa shape index (κ3) is 4.00. The molecule has 9 heteroatoms. The van der Waals surface area contributed by atoms with E-state index in [0.29, 0.717) is 19.5 Å². The average Bonchev–Trinajstić information content (AvgIpc) is 3.41. The number of aromatic nitrogens is 2. The number of nitrogens with one attached hydrogen (secondary N) is 1. The summed E-state index contributed by atoms with van der Waals surface area (Å²) in [6.45, 7) is 3.96. The van der Waals surface area contributed by atoms with Crippen molar-refractivity contribution in [2.75, 3.05) is 33.2 Å². The highest BCUT2D eigenvalue weighted by atomic mass is 32.1. The van der Waals surface area contributed by atoms with Crippen molar-refractivity contribution in [1.82, 2.24) is 29.6 Å². The number of carbonyl (C=O) groups is 2. The van der Waals surface area contributed by atoms with Gasteiger partial charge in [0.1, 0.15) is 6.04 Å². The minimum Gasteiger partial charge on any atom is -0.353 e. The highest BCUT2D eigenvalue weighted by molar-refractivity contribution is 7.03. The van der Waals surface area contributed by atoms with Crippen molar-refractivity contribution in [3.8, 4) is 0 Å². The zero-order chi connectivity index (χ0) is 18.8. The topological polar surface area (TPSA) is 81.7 Å². The van der Waals surface area contributed by atoms with Crippen LogP contribution in [0.1, 0.15) is 37.8 Å². The van der Waals surface area contributed by atoms with Gasteiger partial charge >= 0.3 is 0 Å². The normalized spacial score (nSPS) is 29.6. The molecule has 0 aromatic carbocycles. The fourth-order valence-electron chi connectivity index (χ4n) is 4.70. The van der Waals surface area contributed by atoms with Gasteiger partial charge in [-0.15, -0.1) is 5.10 Å². The van der Waals surface area contributed by atoms with E-state index in [1.807, 2.05) is 10.3 Å². The van der Waals surface area contributed by atoms with Gasteiger partial charge in [0.05, 0.1) is 5.69 Å². The number of carbonyl (C=O) groups excluding carboxylic acids is 2. The second-order valence-corrected chi connectivity index (χ2v) is 8.47. The molecule has 3 aliphatic rings. The van der Waals surface area contributed by atoms with Gasteiger partial charge in [-0.25, -0.2) is 0 Å². The van der Waals surface area contributed by atoms with Crippen LogP contribution in [0.15, 0.2) is 5.38 Å². The first-order valence-electron chi connectivity index (χ1n) is 9.91. The highest BCUT2D eigenvalue weighted by Gasteiger charge is 2.45. The Morgan fingerprint density at radius 2 is 2.15 bits per heavy atom. The monoisotopic (exact) mass is 392 g/mol. The third-order valence-corrected chi connectivity index (χ3v) is 6.82. The molecule has 4 rings (SSSR count). The van der Waals surface area contributed by atoms with Gasteiger partial charge in [-0.3, -0.25) is 19.4 Å². The molecule has 0 unspecified atom stereocenters. The summed E-state index contributed by atoms with van der Waals surface area (Å²) in [5, 5.41) is 9.19. The predicted molar refractivity (Wildman–Crippen MR) is 102 cm³/mol. The molecule has 2 amide bonds. The van der Waals surface area contributed by atoms with E-state index in [4.69, 9.17) is 0 Å². The number of hydrogen-bond donors (Lipinski definition) is 1. The van der Waals surface area contributed by atoms with Crippen LogP contribution in [0.25, 0.3) is 0 Å². The Bertz CT molecular complexity index is 663. The van der Waals surface area contributed by atoms with Crippen LogP contribution in [0.5, 0.6) is 0 Å². The molecule has 3 atom stereocenters. The fraction of sp³-hybridized carbons (Fsp3) is 0.778. The number of fused-ring (bicyclic) bond motifs is 1. The molecule has 3 aliphatic heterocycles. The minimum absolute atomic E-state index is 0.0981. The van der Waals surface area contributed by atoms with E-state index in [1.165, 1.54) is 11.5 Å². The van der Waals surface area contributed by atoms with Gasteiger partial charge in [0.15, 0.2) is 0 Å². The Morgan fingerprint density at radius 3 is 2.89 bits per heavy atom. The minimum atomic E-state index is -0.156. The molecule has 1 N–H and O–H groups in total. The van der Waals surface area contributed by atoms with E-state index >= 15 is 0 Å². The van der Waals surface area contributed by atoms with E-state index in [9.17, 15) is 9.59 Å². The third-order valence-electron chi connectivity index (χ3n) is 6.27. The van der Waals surface area contributed by atoms with Crippen molar-refractivity contribution in [1.29, 1.82) is 0 Å². The molecule has 8 nitrogen and oxygen atoms in total. The van der Waals surface area contributed by atoms with E-state index < -0.39 is 0 Å². The summed E-state index contributed by atoms with van der Waals surface area (Å²) < 4.78 is 3.92. The Balaban J connectivity index is 1.38. The molecule has 27 heavy (non-hydrogen) atoms. The summed E-state index contributed by atoms with van der Waals surface area (Å²) >= 11 is 1.34. The number of likely N-dealkylation sites (N-methyl/N-ethyl adjacent to an activating group) is 1. The van der Waals surface area contributed by atoms with Crippen molar-refractivity contribution in [2.24, 2.45) is 0 Å². The second-order valence-electron chi connectivity index (χ2n) is 7.86. The van der Waals surface area contributed by atoms with Gasteiger partial charge < -0.3 is 10.2 Å². The lowest BCUT2D eigenvalue weighted by Crippen LogP contribution is -2.49. The van der Waals surface area contributed by atoms with Gasteiger partial charge in [0.25, 0.3) is 0 Å². The molecule has 148 valence electrons. The summed E-state index contributed by atoms with van der Waals surface area (Å²) in [7, 11) is 2.11. The van der Waals surface area contributed by atoms with Gasteiger partial charge in [-0.05, 0) is 44.3 Å². The van der Waals surface area contributed by atoms with Gasteiger partial charge in [0.2, 0.25) is 11.8 Å². The fourth-order valence-corrected chi connectivity index (χ4v) is 5.14. The Hall–Kier alpha value is -1.58. The lowest BCUT2D eigenvalue weighted by Gasteiger charge is -2.33. The lowest BCUT2D eigenvalue weighted by atomic mass is 10.0.